The molecule has 0 radical (unpaired) electrons. The Morgan fingerprint density at radius 1 is 1.19 bits per heavy atom. The van der Waals surface area contributed by atoms with Gasteiger partial charge in [0.1, 0.15) is 17.2 Å². The van der Waals surface area contributed by atoms with Gasteiger partial charge < -0.3 is 25.1 Å². The van der Waals surface area contributed by atoms with E-state index in [4.69, 9.17) is 19.9 Å². The van der Waals surface area contributed by atoms with Crippen molar-refractivity contribution in [1.82, 2.24) is 0 Å². The molecule has 0 amide bonds. The lowest BCUT2D eigenvalue weighted by atomic mass is 9.87. The highest BCUT2D eigenvalue weighted by Crippen LogP contribution is 2.36. The maximum Gasteiger partial charge on any atom is 0.126 e. The number of ether oxygens (including phenoxy) is 3. The van der Waals surface area contributed by atoms with Crippen molar-refractivity contribution in [2.24, 2.45) is 11.7 Å². The maximum absolute atomic E-state index is 9.45. The average Bonchev–Trinajstić information content (AvgIpc) is 2.88. The molecule has 1 aliphatic rings. The van der Waals surface area contributed by atoms with Gasteiger partial charge in [0.15, 0.2) is 0 Å². The van der Waals surface area contributed by atoms with Gasteiger partial charge in [0.25, 0.3) is 0 Å². The van der Waals surface area contributed by atoms with Crippen LogP contribution in [0.15, 0.2) is 18.2 Å². The third-order valence-electron chi connectivity index (χ3n) is 4.36. The van der Waals surface area contributed by atoms with Gasteiger partial charge in [-0.05, 0) is 25.2 Å². The molecule has 1 fully saturated rings. The van der Waals surface area contributed by atoms with Gasteiger partial charge in [-0.3, -0.25) is 0 Å². The molecule has 5 nitrogen and oxygen atoms in total. The predicted octanol–water partition coefficient (Wildman–Crippen LogP) is 1.96. The quantitative estimate of drug-likeness (QED) is 0.804. The summed E-state index contributed by atoms with van der Waals surface area (Å²) in [4.78, 5) is 0. The van der Waals surface area contributed by atoms with Crippen LogP contribution in [0.4, 0.5) is 0 Å². The highest BCUT2D eigenvalue weighted by molar-refractivity contribution is 5.41. The van der Waals surface area contributed by atoms with Crippen LogP contribution in [0.3, 0.4) is 0 Å². The third kappa shape index (κ3) is 3.80. The van der Waals surface area contributed by atoms with Gasteiger partial charge in [-0.15, -0.1) is 0 Å². The molecule has 0 heterocycles. The number of aliphatic hydroxyl groups is 1. The molecule has 3 N–H and O–H groups in total. The SMILES string of the molecule is COc1cc(OC)cc(OCCC2CCCC2(N)CO)c1. The van der Waals surface area contributed by atoms with Crippen LogP contribution in [-0.2, 0) is 0 Å². The Hall–Kier alpha value is -1.46. The van der Waals surface area contributed by atoms with Gasteiger partial charge >= 0.3 is 0 Å². The molecule has 1 aromatic rings. The van der Waals surface area contributed by atoms with E-state index in [1.54, 1.807) is 20.3 Å². The largest absolute Gasteiger partial charge is 0.496 e. The van der Waals surface area contributed by atoms with Crippen LogP contribution in [0, 0.1) is 5.92 Å². The number of benzene rings is 1. The molecule has 5 heteroatoms. The molecule has 21 heavy (non-hydrogen) atoms. The normalized spacial score (nSPS) is 24.9. The molecule has 1 saturated carbocycles. The van der Waals surface area contributed by atoms with Gasteiger partial charge in [0.2, 0.25) is 0 Å². The van der Waals surface area contributed by atoms with Crippen molar-refractivity contribution in [3.05, 3.63) is 18.2 Å². The summed E-state index contributed by atoms with van der Waals surface area (Å²) in [5.41, 5.74) is 5.79. The van der Waals surface area contributed by atoms with Crippen LogP contribution in [-0.4, -0.2) is 38.1 Å². The summed E-state index contributed by atoms with van der Waals surface area (Å²) in [5.74, 6) is 2.44. The molecule has 1 aromatic carbocycles. The molecule has 0 aromatic heterocycles. The van der Waals surface area contributed by atoms with Gasteiger partial charge in [0.05, 0.1) is 27.4 Å². The van der Waals surface area contributed by atoms with Gasteiger partial charge in [0, 0.05) is 23.7 Å². The number of nitrogens with two attached hydrogens (primary N) is 1. The van der Waals surface area contributed by atoms with Crippen LogP contribution in [0.5, 0.6) is 17.2 Å². The number of aliphatic hydroxyl groups excluding tert-OH is 1. The maximum atomic E-state index is 9.45. The fraction of sp³-hybridized carbons (Fsp3) is 0.625. The number of rotatable bonds is 7. The zero-order valence-electron chi connectivity index (χ0n) is 12.8. The van der Waals surface area contributed by atoms with Crippen LogP contribution in [0.25, 0.3) is 0 Å². The lowest BCUT2D eigenvalue weighted by molar-refractivity contribution is 0.143. The summed E-state index contributed by atoms with van der Waals surface area (Å²) in [6, 6.07) is 5.47. The second-order valence-electron chi connectivity index (χ2n) is 5.67. The first kappa shape index (κ1) is 15.9. The number of methoxy groups -OCH3 is 2. The molecular weight excluding hydrogens is 270 g/mol. The van der Waals surface area contributed by atoms with E-state index in [1.165, 1.54) is 0 Å². The number of hydrogen-bond donors (Lipinski definition) is 2. The number of hydrogen-bond acceptors (Lipinski definition) is 5. The van der Waals surface area contributed by atoms with Crippen molar-refractivity contribution in [3.63, 3.8) is 0 Å². The molecule has 2 atom stereocenters. The van der Waals surface area contributed by atoms with E-state index in [1.807, 2.05) is 12.1 Å². The van der Waals surface area contributed by atoms with E-state index in [-0.39, 0.29) is 6.61 Å². The third-order valence-corrected chi connectivity index (χ3v) is 4.36. The second kappa shape index (κ2) is 7.00. The lowest BCUT2D eigenvalue weighted by Gasteiger charge is -2.29. The summed E-state index contributed by atoms with van der Waals surface area (Å²) in [7, 11) is 3.22. The fourth-order valence-electron chi connectivity index (χ4n) is 2.99. The van der Waals surface area contributed by atoms with E-state index in [0.29, 0.717) is 24.0 Å². The van der Waals surface area contributed by atoms with E-state index >= 15 is 0 Å². The van der Waals surface area contributed by atoms with Crippen LogP contribution >= 0.6 is 0 Å². The average molecular weight is 295 g/mol. The minimum Gasteiger partial charge on any atom is -0.496 e. The minimum absolute atomic E-state index is 0.0463. The second-order valence-corrected chi connectivity index (χ2v) is 5.67. The van der Waals surface area contributed by atoms with Crippen LogP contribution in [0.1, 0.15) is 25.7 Å². The Bertz CT molecular complexity index is 443. The Labute approximate surface area is 126 Å². The molecule has 118 valence electrons. The molecule has 0 aliphatic heterocycles. The Morgan fingerprint density at radius 2 is 1.81 bits per heavy atom. The molecule has 0 spiro atoms. The molecule has 0 bridgehead atoms. The Morgan fingerprint density at radius 3 is 2.38 bits per heavy atom. The van der Waals surface area contributed by atoms with E-state index in [2.05, 4.69) is 0 Å². The first-order chi connectivity index (χ1) is 10.1. The first-order valence-corrected chi connectivity index (χ1v) is 7.37. The van der Waals surface area contributed by atoms with E-state index < -0.39 is 5.54 Å². The van der Waals surface area contributed by atoms with Crippen LogP contribution in [0.2, 0.25) is 0 Å². The summed E-state index contributed by atoms with van der Waals surface area (Å²) in [6.45, 7) is 0.616. The predicted molar refractivity (Wildman–Crippen MR) is 81.0 cm³/mol. The summed E-state index contributed by atoms with van der Waals surface area (Å²) in [5, 5.41) is 9.45. The molecule has 2 rings (SSSR count). The van der Waals surface area contributed by atoms with Crippen molar-refractivity contribution < 1.29 is 19.3 Å². The zero-order valence-corrected chi connectivity index (χ0v) is 12.8. The lowest BCUT2D eigenvalue weighted by Crippen LogP contribution is -2.47. The Balaban J connectivity index is 1.91. The minimum atomic E-state index is -0.435. The zero-order chi connectivity index (χ0) is 15.3. The smallest absolute Gasteiger partial charge is 0.126 e. The first-order valence-electron chi connectivity index (χ1n) is 7.37. The monoisotopic (exact) mass is 295 g/mol. The standard InChI is InChI=1S/C16H25NO4/c1-19-13-8-14(20-2)10-15(9-13)21-7-5-12-4-3-6-16(12,17)11-18/h8-10,12,18H,3-7,11,17H2,1-2H3. The van der Waals surface area contributed by atoms with Gasteiger partial charge in [-0.2, -0.15) is 0 Å². The highest BCUT2D eigenvalue weighted by atomic mass is 16.5. The Kier molecular flexibility index (Phi) is 5.31. The van der Waals surface area contributed by atoms with Crippen molar-refractivity contribution in [3.8, 4) is 17.2 Å². The highest BCUT2D eigenvalue weighted by Gasteiger charge is 2.38. The summed E-state index contributed by atoms with van der Waals surface area (Å²) in [6.07, 6.45) is 3.87. The summed E-state index contributed by atoms with van der Waals surface area (Å²) < 4.78 is 16.2. The van der Waals surface area contributed by atoms with Crippen LogP contribution < -0.4 is 19.9 Å². The molecule has 1 aliphatic carbocycles. The van der Waals surface area contributed by atoms with Crippen molar-refractivity contribution >= 4 is 0 Å². The topological polar surface area (TPSA) is 73.9 Å². The molecule has 2 unspecified atom stereocenters. The molecule has 0 saturated heterocycles. The van der Waals surface area contributed by atoms with Crippen molar-refractivity contribution in [1.29, 1.82) is 0 Å². The fourth-order valence-corrected chi connectivity index (χ4v) is 2.99. The van der Waals surface area contributed by atoms with Gasteiger partial charge in [-0.1, -0.05) is 6.42 Å². The summed E-state index contributed by atoms with van der Waals surface area (Å²) >= 11 is 0. The van der Waals surface area contributed by atoms with Crippen molar-refractivity contribution in [2.45, 2.75) is 31.2 Å². The van der Waals surface area contributed by atoms with Gasteiger partial charge in [-0.25, -0.2) is 0 Å². The van der Waals surface area contributed by atoms with Crippen molar-refractivity contribution in [2.75, 3.05) is 27.4 Å². The molecular formula is C16H25NO4. The van der Waals surface area contributed by atoms with E-state index in [0.717, 1.165) is 31.4 Å². The van der Waals surface area contributed by atoms with E-state index in [9.17, 15) is 5.11 Å².